The van der Waals surface area contributed by atoms with Gasteiger partial charge in [-0.15, -0.1) is 0 Å². The molecule has 2 N–H and O–H groups in total. The molecule has 0 spiro atoms. The van der Waals surface area contributed by atoms with Crippen molar-refractivity contribution in [2.75, 3.05) is 64.7 Å². The second-order valence-corrected chi connectivity index (χ2v) is 4.71. The summed E-state index contributed by atoms with van der Waals surface area (Å²) in [6, 6.07) is 0.326. The van der Waals surface area contributed by atoms with Gasteiger partial charge in [0, 0.05) is 20.1 Å². The predicted octanol–water partition coefficient (Wildman–Crippen LogP) is 0.692. The van der Waals surface area contributed by atoms with Crippen LogP contribution in [0.5, 0.6) is 6.01 Å². The Morgan fingerprint density at radius 3 is 2.48 bits per heavy atom. The van der Waals surface area contributed by atoms with Crippen molar-refractivity contribution < 1.29 is 9.47 Å². The molecule has 0 aromatic carbocycles. The predicted molar refractivity (Wildman–Crippen MR) is 83.0 cm³/mol. The topological polar surface area (TPSA) is 84.4 Å². The monoisotopic (exact) mass is 298 g/mol. The molecule has 0 unspecified atom stereocenters. The van der Waals surface area contributed by atoms with Gasteiger partial charge in [-0.05, 0) is 20.5 Å². The van der Waals surface area contributed by atoms with E-state index in [9.17, 15) is 0 Å². The zero-order valence-electron chi connectivity index (χ0n) is 13.3. The van der Waals surface area contributed by atoms with Gasteiger partial charge in [0.25, 0.3) is 0 Å². The fourth-order valence-electron chi connectivity index (χ4n) is 1.39. The number of aromatic nitrogens is 3. The summed E-state index contributed by atoms with van der Waals surface area (Å²) < 4.78 is 10.9. The number of likely N-dealkylation sites (N-methyl/N-ethyl adjacent to an activating group) is 1. The van der Waals surface area contributed by atoms with Crippen molar-refractivity contribution in [2.45, 2.75) is 13.3 Å². The maximum absolute atomic E-state index is 5.50. The van der Waals surface area contributed by atoms with E-state index < -0.39 is 0 Å². The number of anilines is 2. The molecule has 0 aliphatic heterocycles. The maximum atomic E-state index is 5.50. The molecule has 0 saturated carbocycles. The number of hydrogen-bond acceptors (Lipinski definition) is 8. The molecule has 21 heavy (non-hydrogen) atoms. The normalized spacial score (nSPS) is 10.7. The third-order valence-corrected chi connectivity index (χ3v) is 2.49. The lowest BCUT2D eigenvalue weighted by molar-refractivity contribution is 0.126. The van der Waals surface area contributed by atoms with Gasteiger partial charge in [0.2, 0.25) is 11.9 Å². The molecule has 8 nitrogen and oxygen atoms in total. The van der Waals surface area contributed by atoms with Gasteiger partial charge in [-0.3, -0.25) is 0 Å². The number of nitrogens with one attached hydrogen (secondary N) is 2. The van der Waals surface area contributed by atoms with Crippen LogP contribution in [0.1, 0.15) is 13.3 Å². The van der Waals surface area contributed by atoms with Crippen LogP contribution in [0.3, 0.4) is 0 Å². The lowest BCUT2D eigenvalue weighted by Gasteiger charge is -2.11. The minimum absolute atomic E-state index is 0.326. The van der Waals surface area contributed by atoms with Crippen LogP contribution in [0.2, 0.25) is 0 Å². The molecular weight excluding hydrogens is 272 g/mol. The van der Waals surface area contributed by atoms with Crippen molar-refractivity contribution in [3.05, 3.63) is 0 Å². The summed E-state index contributed by atoms with van der Waals surface area (Å²) >= 11 is 0. The lowest BCUT2D eigenvalue weighted by Crippen LogP contribution is -2.20. The fraction of sp³-hybridized carbons (Fsp3) is 0.769. The van der Waals surface area contributed by atoms with Crippen LogP contribution in [0, 0.1) is 0 Å². The quantitative estimate of drug-likeness (QED) is 0.577. The third kappa shape index (κ3) is 7.62. The number of hydrogen-bond donors (Lipinski definition) is 2. The minimum Gasteiger partial charge on any atom is -0.463 e. The Hall–Kier alpha value is -1.67. The van der Waals surface area contributed by atoms with Gasteiger partial charge in [-0.25, -0.2) is 0 Å². The van der Waals surface area contributed by atoms with Crippen LogP contribution in [-0.4, -0.2) is 73.9 Å². The first-order chi connectivity index (χ1) is 10.2. The Morgan fingerprint density at radius 1 is 1.05 bits per heavy atom. The molecule has 1 heterocycles. The molecule has 1 rings (SSSR count). The SMILES string of the molecule is CCCOc1nc(NC)nc(NCCOCCN(C)C)n1. The highest BCUT2D eigenvalue weighted by Gasteiger charge is 2.06. The van der Waals surface area contributed by atoms with Crippen molar-refractivity contribution in [2.24, 2.45) is 0 Å². The lowest BCUT2D eigenvalue weighted by atomic mass is 10.5. The molecule has 0 fully saturated rings. The Kier molecular flexibility index (Phi) is 8.37. The van der Waals surface area contributed by atoms with E-state index in [0.29, 0.717) is 44.3 Å². The van der Waals surface area contributed by atoms with Crippen molar-refractivity contribution >= 4 is 11.9 Å². The first-order valence-corrected chi connectivity index (χ1v) is 7.18. The minimum atomic E-state index is 0.326. The number of nitrogens with zero attached hydrogens (tertiary/aromatic N) is 4. The van der Waals surface area contributed by atoms with Gasteiger partial charge in [-0.1, -0.05) is 6.92 Å². The number of rotatable bonds is 11. The van der Waals surface area contributed by atoms with E-state index in [2.05, 4.69) is 30.5 Å². The van der Waals surface area contributed by atoms with Gasteiger partial charge in [0.15, 0.2) is 0 Å². The Morgan fingerprint density at radius 2 is 1.81 bits per heavy atom. The first kappa shape index (κ1) is 17.4. The summed E-state index contributed by atoms with van der Waals surface area (Å²) in [5, 5.41) is 5.99. The summed E-state index contributed by atoms with van der Waals surface area (Å²) in [6.07, 6.45) is 0.906. The van der Waals surface area contributed by atoms with E-state index >= 15 is 0 Å². The van der Waals surface area contributed by atoms with Crippen molar-refractivity contribution in [3.63, 3.8) is 0 Å². The van der Waals surface area contributed by atoms with Crippen molar-refractivity contribution in [1.29, 1.82) is 0 Å². The molecule has 1 aromatic heterocycles. The fourth-order valence-corrected chi connectivity index (χ4v) is 1.39. The molecule has 1 aromatic rings. The van der Waals surface area contributed by atoms with E-state index in [1.165, 1.54) is 0 Å². The Bertz CT molecular complexity index is 402. The standard InChI is InChI=1S/C13H26N6O2/c1-5-8-21-13-17-11(14-2)16-12(18-13)15-6-9-20-10-7-19(3)4/h5-10H2,1-4H3,(H2,14,15,16,17,18). The van der Waals surface area contributed by atoms with Gasteiger partial charge in [0.05, 0.1) is 19.8 Å². The molecule has 0 amide bonds. The molecule has 0 atom stereocenters. The molecule has 8 heteroatoms. The molecule has 0 saturated heterocycles. The van der Waals surface area contributed by atoms with Gasteiger partial charge in [-0.2, -0.15) is 15.0 Å². The van der Waals surface area contributed by atoms with Crippen LogP contribution < -0.4 is 15.4 Å². The maximum Gasteiger partial charge on any atom is 0.323 e. The average Bonchev–Trinajstić information content (AvgIpc) is 2.48. The van der Waals surface area contributed by atoms with Gasteiger partial charge >= 0.3 is 6.01 Å². The summed E-state index contributed by atoms with van der Waals surface area (Å²) in [5.41, 5.74) is 0. The largest absolute Gasteiger partial charge is 0.463 e. The Labute approximate surface area is 126 Å². The zero-order chi connectivity index (χ0) is 15.5. The molecular formula is C13H26N6O2. The summed E-state index contributed by atoms with van der Waals surface area (Å²) in [5.74, 6) is 0.962. The smallest absolute Gasteiger partial charge is 0.323 e. The summed E-state index contributed by atoms with van der Waals surface area (Å²) in [7, 11) is 5.79. The third-order valence-electron chi connectivity index (χ3n) is 2.49. The van der Waals surface area contributed by atoms with E-state index in [1.807, 2.05) is 21.0 Å². The van der Waals surface area contributed by atoms with Crippen molar-refractivity contribution in [3.8, 4) is 6.01 Å². The van der Waals surface area contributed by atoms with Crippen LogP contribution in [0.15, 0.2) is 0 Å². The molecule has 120 valence electrons. The highest BCUT2D eigenvalue weighted by molar-refractivity contribution is 5.35. The van der Waals surface area contributed by atoms with Crippen molar-refractivity contribution in [1.82, 2.24) is 19.9 Å². The van der Waals surface area contributed by atoms with Gasteiger partial charge < -0.3 is 25.0 Å². The second kappa shape index (κ2) is 10.1. The van der Waals surface area contributed by atoms with Crippen LogP contribution in [0.4, 0.5) is 11.9 Å². The molecule has 0 bridgehead atoms. The Balaban J connectivity index is 2.39. The molecule has 0 aliphatic rings. The number of ether oxygens (including phenoxy) is 2. The molecule has 0 radical (unpaired) electrons. The van der Waals surface area contributed by atoms with Crippen LogP contribution in [0.25, 0.3) is 0 Å². The highest BCUT2D eigenvalue weighted by Crippen LogP contribution is 2.10. The van der Waals surface area contributed by atoms with E-state index in [1.54, 1.807) is 7.05 Å². The van der Waals surface area contributed by atoms with Gasteiger partial charge in [0.1, 0.15) is 0 Å². The first-order valence-electron chi connectivity index (χ1n) is 7.18. The average molecular weight is 298 g/mol. The van der Waals surface area contributed by atoms with Crippen LogP contribution in [-0.2, 0) is 4.74 Å². The molecule has 0 aliphatic carbocycles. The highest BCUT2D eigenvalue weighted by atomic mass is 16.5. The van der Waals surface area contributed by atoms with Crippen LogP contribution >= 0.6 is 0 Å². The second-order valence-electron chi connectivity index (χ2n) is 4.71. The zero-order valence-corrected chi connectivity index (χ0v) is 13.3. The van der Waals surface area contributed by atoms with E-state index in [4.69, 9.17) is 9.47 Å². The summed E-state index contributed by atoms with van der Waals surface area (Å²) in [6.45, 7) is 5.46. The summed E-state index contributed by atoms with van der Waals surface area (Å²) in [4.78, 5) is 14.6. The van der Waals surface area contributed by atoms with E-state index in [0.717, 1.165) is 13.0 Å². The van der Waals surface area contributed by atoms with E-state index in [-0.39, 0.29) is 0 Å².